The molecular formula is C12H27O2PS2. The fraction of sp³-hybridized carbons (Fsp3) is 1.00. The smallest absolute Gasteiger partial charge is 0.310 e. The molecule has 5 heteroatoms. The highest BCUT2D eigenvalue weighted by atomic mass is 33.1. The van der Waals surface area contributed by atoms with E-state index in [-0.39, 0.29) is 0 Å². The number of thiol groups is 1. The number of rotatable bonds is 12. The van der Waals surface area contributed by atoms with Gasteiger partial charge in [0.05, 0.1) is 6.61 Å². The van der Waals surface area contributed by atoms with Crippen molar-refractivity contribution in [2.24, 2.45) is 0 Å². The number of hydrogen-bond acceptors (Lipinski definition) is 3. The highest BCUT2D eigenvalue weighted by Crippen LogP contribution is 2.64. The van der Waals surface area contributed by atoms with Crippen LogP contribution in [-0.2, 0) is 9.09 Å². The molecule has 0 radical (unpaired) electrons. The molecule has 0 bridgehead atoms. The van der Waals surface area contributed by atoms with Crippen molar-refractivity contribution in [3.8, 4) is 0 Å². The normalized spacial score (nSPS) is 14.8. The Morgan fingerprint density at radius 1 is 1.00 bits per heavy atom. The van der Waals surface area contributed by atoms with Crippen molar-refractivity contribution in [2.45, 2.75) is 65.2 Å². The van der Waals surface area contributed by atoms with Crippen LogP contribution in [0.1, 0.15) is 65.2 Å². The van der Waals surface area contributed by atoms with Gasteiger partial charge < -0.3 is 4.52 Å². The third-order valence-electron chi connectivity index (χ3n) is 2.50. The molecule has 104 valence electrons. The fourth-order valence-corrected chi connectivity index (χ4v) is 4.96. The fourth-order valence-electron chi connectivity index (χ4n) is 1.45. The molecule has 0 aliphatic carbocycles. The summed E-state index contributed by atoms with van der Waals surface area (Å²) in [4.78, 5) is 0. The van der Waals surface area contributed by atoms with E-state index in [2.05, 4.69) is 26.1 Å². The van der Waals surface area contributed by atoms with Gasteiger partial charge >= 0.3 is 5.77 Å². The van der Waals surface area contributed by atoms with Crippen LogP contribution in [0.3, 0.4) is 0 Å². The lowest BCUT2D eigenvalue weighted by molar-refractivity contribution is 0.322. The van der Waals surface area contributed by atoms with E-state index < -0.39 is 5.77 Å². The van der Waals surface area contributed by atoms with Crippen molar-refractivity contribution in [1.29, 1.82) is 0 Å². The molecule has 0 spiro atoms. The van der Waals surface area contributed by atoms with Crippen LogP contribution >= 0.6 is 29.4 Å². The molecule has 0 heterocycles. The molecular weight excluding hydrogens is 271 g/mol. The molecule has 2 nitrogen and oxygen atoms in total. The lowest BCUT2D eigenvalue weighted by Gasteiger charge is -2.11. The second kappa shape index (κ2) is 12.0. The molecule has 0 fully saturated rings. The summed E-state index contributed by atoms with van der Waals surface area (Å²) < 4.78 is 17.2. The zero-order valence-corrected chi connectivity index (χ0v) is 13.8. The maximum absolute atomic E-state index is 11.9. The maximum atomic E-state index is 11.9. The van der Waals surface area contributed by atoms with E-state index in [4.69, 9.17) is 4.52 Å². The van der Waals surface area contributed by atoms with Gasteiger partial charge in [0.25, 0.3) is 0 Å². The van der Waals surface area contributed by atoms with E-state index in [0.717, 1.165) is 25.0 Å². The van der Waals surface area contributed by atoms with Crippen molar-refractivity contribution in [3.05, 3.63) is 0 Å². The van der Waals surface area contributed by atoms with Crippen LogP contribution in [0.15, 0.2) is 0 Å². The Morgan fingerprint density at radius 2 is 1.59 bits per heavy atom. The van der Waals surface area contributed by atoms with Crippen LogP contribution in [0.5, 0.6) is 0 Å². The van der Waals surface area contributed by atoms with Crippen molar-refractivity contribution in [2.75, 3.05) is 12.4 Å². The molecule has 0 amide bonds. The number of unbranched alkanes of at least 4 members (excludes halogenated alkanes) is 6. The standard InChI is InChI=1S/C12H27O2PS2/c1-3-5-7-9-11-14-15(13,16)17-12-10-8-6-4-2/h3-12H2,1-2H3,(H,13,16). The Morgan fingerprint density at radius 3 is 2.18 bits per heavy atom. The SMILES string of the molecule is CCCCCCOP(=O)(S)SCCCCCC. The van der Waals surface area contributed by atoms with Crippen LogP contribution in [0, 0.1) is 0 Å². The predicted octanol–water partition coefficient (Wildman–Crippen LogP) is 5.93. The summed E-state index contributed by atoms with van der Waals surface area (Å²) in [5, 5.41) is 0. The summed E-state index contributed by atoms with van der Waals surface area (Å²) in [6.07, 6.45) is 9.41. The zero-order chi connectivity index (χ0) is 13.0. The third kappa shape index (κ3) is 13.1. The average molecular weight is 298 g/mol. The first-order valence-corrected chi connectivity index (χ1v) is 11.1. The molecule has 1 atom stereocenters. The number of hydrogen-bond donors (Lipinski definition) is 1. The van der Waals surface area contributed by atoms with Gasteiger partial charge in [-0.15, -0.1) is 0 Å². The lowest BCUT2D eigenvalue weighted by atomic mass is 10.2. The summed E-state index contributed by atoms with van der Waals surface area (Å²) in [6, 6.07) is 0. The Kier molecular flexibility index (Phi) is 12.6. The first-order valence-electron chi connectivity index (χ1n) is 6.74. The zero-order valence-electron chi connectivity index (χ0n) is 11.2. The summed E-state index contributed by atoms with van der Waals surface area (Å²) >= 11 is 5.52. The van der Waals surface area contributed by atoms with Gasteiger partial charge in [-0.05, 0) is 12.8 Å². The van der Waals surface area contributed by atoms with Gasteiger partial charge in [-0.25, -0.2) is 0 Å². The molecule has 0 aromatic rings. The van der Waals surface area contributed by atoms with E-state index in [1.807, 2.05) is 0 Å². The summed E-state index contributed by atoms with van der Waals surface area (Å²) in [6.45, 7) is 4.95. The minimum absolute atomic E-state index is 0.586. The minimum atomic E-state index is -2.68. The highest BCUT2D eigenvalue weighted by molar-refractivity contribution is 8.84. The summed E-state index contributed by atoms with van der Waals surface area (Å²) in [7, 11) is 0. The van der Waals surface area contributed by atoms with Gasteiger partial charge in [0.1, 0.15) is 0 Å². The van der Waals surface area contributed by atoms with E-state index in [0.29, 0.717) is 6.61 Å². The van der Waals surface area contributed by atoms with Crippen LogP contribution in [0.2, 0.25) is 0 Å². The second-order valence-electron chi connectivity index (χ2n) is 4.26. The molecule has 0 aromatic carbocycles. The quantitative estimate of drug-likeness (QED) is 0.274. The van der Waals surface area contributed by atoms with E-state index in [1.54, 1.807) is 0 Å². The minimum Gasteiger partial charge on any atom is -0.314 e. The Bertz CT molecular complexity index is 195. The van der Waals surface area contributed by atoms with Crippen molar-refractivity contribution < 1.29 is 9.09 Å². The molecule has 0 aliphatic rings. The van der Waals surface area contributed by atoms with E-state index in [9.17, 15) is 4.57 Å². The van der Waals surface area contributed by atoms with Crippen molar-refractivity contribution >= 4 is 29.4 Å². The van der Waals surface area contributed by atoms with Crippen LogP contribution in [0.4, 0.5) is 0 Å². The third-order valence-corrected chi connectivity index (χ3v) is 7.04. The van der Waals surface area contributed by atoms with Crippen molar-refractivity contribution in [3.63, 3.8) is 0 Å². The molecule has 0 saturated carbocycles. The van der Waals surface area contributed by atoms with Gasteiger partial charge in [0.2, 0.25) is 0 Å². The topological polar surface area (TPSA) is 26.3 Å². The molecule has 1 unspecified atom stereocenters. The van der Waals surface area contributed by atoms with Gasteiger partial charge in [-0.3, -0.25) is 4.57 Å². The van der Waals surface area contributed by atoms with Gasteiger partial charge in [-0.1, -0.05) is 76.0 Å². The van der Waals surface area contributed by atoms with Gasteiger partial charge in [0, 0.05) is 5.75 Å². The first kappa shape index (κ1) is 17.9. The van der Waals surface area contributed by atoms with Gasteiger partial charge in [0.15, 0.2) is 0 Å². The summed E-state index contributed by atoms with van der Waals surface area (Å²) in [5.74, 6) is -1.78. The molecule has 0 aliphatic heterocycles. The second-order valence-corrected chi connectivity index (χ2v) is 10.7. The molecule has 0 aromatic heterocycles. The Balaban J connectivity index is 3.42. The Labute approximate surface area is 116 Å². The maximum Gasteiger partial charge on any atom is 0.310 e. The van der Waals surface area contributed by atoms with Crippen molar-refractivity contribution in [1.82, 2.24) is 0 Å². The molecule has 0 rings (SSSR count). The Hall–Kier alpha value is 0.890. The van der Waals surface area contributed by atoms with Crippen LogP contribution < -0.4 is 0 Å². The molecule has 0 saturated heterocycles. The molecule has 17 heavy (non-hydrogen) atoms. The highest BCUT2D eigenvalue weighted by Gasteiger charge is 2.17. The first-order chi connectivity index (χ1) is 8.12. The predicted molar refractivity (Wildman–Crippen MR) is 83.3 cm³/mol. The van der Waals surface area contributed by atoms with E-state index >= 15 is 0 Å². The largest absolute Gasteiger partial charge is 0.314 e. The van der Waals surface area contributed by atoms with Crippen LogP contribution in [-0.4, -0.2) is 12.4 Å². The van der Waals surface area contributed by atoms with Crippen LogP contribution in [0.25, 0.3) is 0 Å². The van der Waals surface area contributed by atoms with Gasteiger partial charge in [-0.2, -0.15) is 0 Å². The van der Waals surface area contributed by atoms with E-state index in [1.165, 1.54) is 43.5 Å². The molecule has 0 N–H and O–H groups in total. The lowest BCUT2D eigenvalue weighted by Crippen LogP contribution is -1.89. The summed E-state index contributed by atoms with van der Waals surface area (Å²) in [5.41, 5.74) is 0. The monoisotopic (exact) mass is 298 g/mol. The average Bonchev–Trinajstić information content (AvgIpc) is 2.28.